The number of nitrogen functional groups attached to an aromatic ring is 1. The lowest BCUT2D eigenvalue weighted by Gasteiger charge is -2.06. The van der Waals surface area contributed by atoms with Crippen molar-refractivity contribution in [3.63, 3.8) is 0 Å². The SMILES string of the molecule is Cc1nn(C)c(Cl)c1CS(=O)c1cc(N)ccc1Cl. The molecule has 0 amide bonds. The Labute approximate surface area is 124 Å². The molecule has 102 valence electrons. The molecule has 19 heavy (non-hydrogen) atoms. The molecule has 2 rings (SSSR count). The molecule has 0 saturated heterocycles. The van der Waals surface area contributed by atoms with E-state index in [0.29, 0.717) is 20.8 Å². The number of hydrogen-bond acceptors (Lipinski definition) is 3. The van der Waals surface area contributed by atoms with Gasteiger partial charge < -0.3 is 5.73 Å². The summed E-state index contributed by atoms with van der Waals surface area (Å²) in [6, 6.07) is 4.94. The van der Waals surface area contributed by atoms with Crippen molar-refractivity contribution in [3.8, 4) is 0 Å². The third-order valence-corrected chi connectivity index (χ3v) is 5.04. The fraction of sp³-hybridized carbons (Fsp3) is 0.250. The number of rotatable bonds is 3. The van der Waals surface area contributed by atoms with Gasteiger partial charge in [0.05, 0.1) is 32.2 Å². The first kappa shape index (κ1) is 14.4. The summed E-state index contributed by atoms with van der Waals surface area (Å²) in [6.07, 6.45) is 0. The van der Waals surface area contributed by atoms with Crippen molar-refractivity contribution in [3.05, 3.63) is 39.6 Å². The molecule has 1 heterocycles. The van der Waals surface area contributed by atoms with E-state index < -0.39 is 10.8 Å². The van der Waals surface area contributed by atoms with Crippen molar-refractivity contribution >= 4 is 39.7 Å². The van der Waals surface area contributed by atoms with Crippen LogP contribution in [0.4, 0.5) is 5.69 Å². The van der Waals surface area contributed by atoms with Gasteiger partial charge >= 0.3 is 0 Å². The summed E-state index contributed by atoms with van der Waals surface area (Å²) in [5, 5.41) is 5.12. The first-order valence-electron chi connectivity index (χ1n) is 5.51. The zero-order valence-corrected chi connectivity index (χ0v) is 12.8. The molecule has 0 aliphatic carbocycles. The quantitative estimate of drug-likeness (QED) is 0.885. The van der Waals surface area contributed by atoms with Gasteiger partial charge in [0.25, 0.3) is 0 Å². The third-order valence-electron chi connectivity index (χ3n) is 2.75. The van der Waals surface area contributed by atoms with Crippen LogP contribution < -0.4 is 5.73 Å². The fourth-order valence-corrected chi connectivity index (χ4v) is 3.75. The van der Waals surface area contributed by atoms with E-state index in [2.05, 4.69) is 5.10 Å². The van der Waals surface area contributed by atoms with E-state index >= 15 is 0 Å². The highest BCUT2D eigenvalue weighted by molar-refractivity contribution is 7.84. The minimum Gasteiger partial charge on any atom is -0.399 e. The number of anilines is 1. The molecule has 2 aromatic rings. The minimum atomic E-state index is -1.31. The van der Waals surface area contributed by atoms with E-state index in [0.717, 1.165) is 11.3 Å². The van der Waals surface area contributed by atoms with Gasteiger partial charge in [0.15, 0.2) is 0 Å². The third kappa shape index (κ3) is 2.94. The number of benzene rings is 1. The van der Waals surface area contributed by atoms with E-state index in [4.69, 9.17) is 28.9 Å². The Morgan fingerprint density at radius 2 is 2.11 bits per heavy atom. The molecule has 0 saturated carbocycles. The second-order valence-corrected chi connectivity index (χ2v) is 6.34. The molecule has 0 aliphatic heterocycles. The average Bonchev–Trinajstić information content (AvgIpc) is 2.59. The van der Waals surface area contributed by atoms with E-state index in [-0.39, 0.29) is 5.75 Å². The molecule has 4 nitrogen and oxygen atoms in total. The lowest BCUT2D eigenvalue weighted by molar-refractivity contribution is 0.682. The molecule has 0 radical (unpaired) electrons. The van der Waals surface area contributed by atoms with Gasteiger partial charge in [-0.1, -0.05) is 23.2 Å². The molecule has 1 unspecified atom stereocenters. The van der Waals surface area contributed by atoms with Crippen molar-refractivity contribution in [1.82, 2.24) is 9.78 Å². The smallest absolute Gasteiger partial charge is 0.131 e. The van der Waals surface area contributed by atoms with Crippen LogP contribution in [0, 0.1) is 6.92 Å². The summed E-state index contributed by atoms with van der Waals surface area (Å²) in [7, 11) is 0.432. The van der Waals surface area contributed by atoms with Gasteiger partial charge in [-0.15, -0.1) is 0 Å². The number of nitrogens with zero attached hydrogens (tertiary/aromatic N) is 2. The molecular formula is C12H13Cl2N3OS. The molecule has 1 atom stereocenters. The standard InChI is InChI=1S/C12H13Cl2N3OS/c1-7-9(12(14)17(2)16-7)6-19(18)11-5-8(15)3-4-10(11)13/h3-5H,6,15H2,1-2H3. The predicted octanol–water partition coefficient (Wildman–Crippen LogP) is 2.93. The van der Waals surface area contributed by atoms with Crippen molar-refractivity contribution in [2.24, 2.45) is 7.05 Å². The topological polar surface area (TPSA) is 60.9 Å². The van der Waals surface area contributed by atoms with Crippen molar-refractivity contribution in [1.29, 1.82) is 0 Å². The summed E-state index contributed by atoms with van der Waals surface area (Å²) in [6.45, 7) is 1.83. The summed E-state index contributed by atoms with van der Waals surface area (Å²) < 4.78 is 13.9. The second kappa shape index (κ2) is 5.53. The van der Waals surface area contributed by atoms with E-state index in [1.165, 1.54) is 0 Å². The number of nitrogens with two attached hydrogens (primary N) is 1. The Kier molecular flexibility index (Phi) is 4.18. The molecule has 0 aliphatic rings. The van der Waals surface area contributed by atoms with Crippen LogP contribution in [0.2, 0.25) is 10.2 Å². The predicted molar refractivity (Wildman–Crippen MR) is 78.9 cm³/mol. The fourth-order valence-electron chi connectivity index (χ4n) is 1.74. The molecule has 1 aromatic heterocycles. The van der Waals surface area contributed by atoms with Gasteiger partial charge in [0.2, 0.25) is 0 Å². The van der Waals surface area contributed by atoms with Gasteiger partial charge in [0.1, 0.15) is 5.15 Å². The monoisotopic (exact) mass is 317 g/mol. The van der Waals surface area contributed by atoms with E-state index in [9.17, 15) is 4.21 Å². The van der Waals surface area contributed by atoms with Crippen LogP contribution in [-0.4, -0.2) is 14.0 Å². The molecule has 0 spiro atoms. The van der Waals surface area contributed by atoms with Crippen molar-refractivity contribution in [2.75, 3.05) is 5.73 Å². The Morgan fingerprint density at radius 3 is 2.68 bits per heavy atom. The molecule has 0 bridgehead atoms. The lowest BCUT2D eigenvalue weighted by atomic mass is 10.3. The van der Waals surface area contributed by atoms with Crippen LogP contribution in [0.3, 0.4) is 0 Å². The maximum atomic E-state index is 12.4. The first-order chi connectivity index (χ1) is 8.90. The molecule has 7 heteroatoms. The number of hydrogen-bond donors (Lipinski definition) is 1. The normalized spacial score (nSPS) is 12.6. The van der Waals surface area contributed by atoms with Crippen LogP contribution >= 0.6 is 23.2 Å². The highest BCUT2D eigenvalue weighted by Crippen LogP contribution is 2.27. The van der Waals surface area contributed by atoms with Crippen LogP contribution in [0.25, 0.3) is 0 Å². The van der Waals surface area contributed by atoms with Crippen LogP contribution in [0.15, 0.2) is 23.1 Å². The first-order valence-corrected chi connectivity index (χ1v) is 7.59. The number of aryl methyl sites for hydroxylation is 2. The van der Waals surface area contributed by atoms with Crippen LogP contribution in [0.1, 0.15) is 11.3 Å². The van der Waals surface area contributed by atoms with E-state index in [1.807, 2.05) is 6.92 Å². The van der Waals surface area contributed by atoms with Crippen LogP contribution in [-0.2, 0) is 23.6 Å². The minimum absolute atomic E-state index is 0.266. The zero-order chi connectivity index (χ0) is 14.2. The van der Waals surface area contributed by atoms with E-state index in [1.54, 1.807) is 29.9 Å². The van der Waals surface area contributed by atoms with Crippen molar-refractivity contribution in [2.45, 2.75) is 17.6 Å². The number of aromatic nitrogens is 2. The zero-order valence-electron chi connectivity index (χ0n) is 10.5. The summed E-state index contributed by atoms with van der Waals surface area (Å²) in [5.74, 6) is 0.266. The lowest BCUT2D eigenvalue weighted by Crippen LogP contribution is -2.00. The Bertz CT molecular complexity index is 655. The van der Waals surface area contributed by atoms with Gasteiger partial charge in [0, 0.05) is 18.3 Å². The Hall–Kier alpha value is -1.04. The Morgan fingerprint density at radius 1 is 1.42 bits per heavy atom. The largest absolute Gasteiger partial charge is 0.399 e. The molecule has 2 N–H and O–H groups in total. The highest BCUT2D eigenvalue weighted by Gasteiger charge is 2.17. The maximum absolute atomic E-state index is 12.4. The Balaban J connectivity index is 2.33. The average molecular weight is 318 g/mol. The summed E-state index contributed by atoms with van der Waals surface area (Å²) in [5.41, 5.74) is 7.75. The van der Waals surface area contributed by atoms with Gasteiger partial charge in [-0.25, -0.2) is 0 Å². The second-order valence-electron chi connectivity index (χ2n) is 4.16. The maximum Gasteiger partial charge on any atom is 0.131 e. The van der Waals surface area contributed by atoms with Gasteiger partial charge in [-0.05, 0) is 25.1 Å². The highest BCUT2D eigenvalue weighted by atomic mass is 35.5. The molecular weight excluding hydrogens is 305 g/mol. The van der Waals surface area contributed by atoms with Crippen molar-refractivity contribution < 1.29 is 4.21 Å². The molecule has 1 aromatic carbocycles. The van der Waals surface area contributed by atoms with Gasteiger partial charge in [-0.2, -0.15) is 5.10 Å². The van der Waals surface area contributed by atoms with Gasteiger partial charge in [-0.3, -0.25) is 8.89 Å². The summed E-state index contributed by atoms with van der Waals surface area (Å²) in [4.78, 5) is 0.515. The molecule has 0 fully saturated rings. The summed E-state index contributed by atoms with van der Waals surface area (Å²) >= 11 is 12.2. The number of halogens is 2. The van der Waals surface area contributed by atoms with Crippen LogP contribution in [0.5, 0.6) is 0 Å².